The van der Waals surface area contributed by atoms with Gasteiger partial charge in [0.25, 0.3) is 0 Å². The lowest BCUT2D eigenvalue weighted by atomic mass is 9.96. The van der Waals surface area contributed by atoms with E-state index < -0.39 is 124 Å². The molecular formula is C82H147NO18. The number of aliphatic hydroxyl groups is 11. The molecule has 0 spiro atoms. The molecule has 3 fully saturated rings. The number of aliphatic hydroxyl groups excluding tert-OH is 11. The van der Waals surface area contributed by atoms with Crippen LogP contribution in [-0.2, 0) is 33.2 Å². The maximum absolute atomic E-state index is 13.5. The molecule has 17 unspecified atom stereocenters. The van der Waals surface area contributed by atoms with Gasteiger partial charge in [0.2, 0.25) is 5.91 Å². The molecule has 0 bridgehead atoms. The summed E-state index contributed by atoms with van der Waals surface area (Å²) in [4.78, 5) is 13.5. The molecule has 0 aromatic heterocycles. The van der Waals surface area contributed by atoms with Crippen LogP contribution in [0, 0.1) is 0 Å². The lowest BCUT2D eigenvalue weighted by molar-refractivity contribution is -0.379. The summed E-state index contributed by atoms with van der Waals surface area (Å²) >= 11 is 0. The third-order valence-electron chi connectivity index (χ3n) is 20.0. The summed E-state index contributed by atoms with van der Waals surface area (Å²) in [6.07, 6.45) is 54.6. The maximum Gasteiger partial charge on any atom is 0.220 e. The van der Waals surface area contributed by atoms with E-state index in [0.29, 0.717) is 12.8 Å². The summed E-state index contributed by atoms with van der Waals surface area (Å²) in [6, 6.07) is -1.00. The third-order valence-corrected chi connectivity index (χ3v) is 20.0. The number of nitrogens with one attached hydrogen (secondary N) is 1. The number of rotatable bonds is 64. The van der Waals surface area contributed by atoms with Gasteiger partial charge in [0.1, 0.15) is 73.2 Å². The predicted molar refractivity (Wildman–Crippen MR) is 401 cm³/mol. The first kappa shape index (κ1) is 92.4. The van der Waals surface area contributed by atoms with Gasteiger partial charge in [-0.05, 0) is 83.5 Å². The van der Waals surface area contributed by atoms with Gasteiger partial charge < -0.3 is 89.9 Å². The number of amides is 1. The molecule has 0 aromatic rings. The number of carbonyl (C=O) groups is 1. The smallest absolute Gasteiger partial charge is 0.220 e. The van der Waals surface area contributed by atoms with E-state index in [9.17, 15) is 61.0 Å². The van der Waals surface area contributed by atoms with Crippen molar-refractivity contribution in [3.8, 4) is 0 Å². The fraction of sp³-hybridized carbons (Fsp3) is 0.841. The Balaban J connectivity index is 1.40. The molecule has 12 N–H and O–H groups in total. The SMILES string of the molecule is CCCCCCC/C=C\C/C=C\C/C=C\CCCCCCCCCCCCCCC(=O)NC(COC1OC(CO)C(OC2OC(CO)C(OC3OC(CO)C(O)C(O)C3O)C(O)C2O)C(O)C1O)C(O)/C=C/CC/C=C/CC/C=C/CCCCCCCCCCCCCCCCCCCCC. The van der Waals surface area contributed by atoms with Gasteiger partial charge in [0.05, 0.1) is 38.6 Å². The fourth-order valence-corrected chi connectivity index (χ4v) is 13.4. The van der Waals surface area contributed by atoms with Gasteiger partial charge >= 0.3 is 0 Å². The van der Waals surface area contributed by atoms with E-state index in [1.54, 1.807) is 6.08 Å². The van der Waals surface area contributed by atoms with Crippen LogP contribution in [0.1, 0.15) is 309 Å². The normalized spacial score (nSPS) is 26.7. The Morgan fingerprint density at radius 2 is 0.663 bits per heavy atom. The van der Waals surface area contributed by atoms with Gasteiger partial charge in [0, 0.05) is 6.42 Å². The van der Waals surface area contributed by atoms with Gasteiger partial charge in [-0.2, -0.15) is 0 Å². The minimum absolute atomic E-state index is 0.227. The third kappa shape index (κ3) is 42.4. The van der Waals surface area contributed by atoms with Crippen LogP contribution in [0.2, 0.25) is 0 Å². The number of carbonyl (C=O) groups excluding carboxylic acids is 1. The Bertz CT molecular complexity index is 2110. The van der Waals surface area contributed by atoms with E-state index in [-0.39, 0.29) is 18.9 Å². The van der Waals surface area contributed by atoms with E-state index in [1.165, 1.54) is 205 Å². The standard InChI is InChI=1S/C82H147NO18/c1-3-5-7-9-11-13-15-17-19-21-23-25-27-29-31-32-34-35-37-39-41-43-45-47-49-51-53-55-57-59-66(87)65(83-70(88)60-58-56-54-52-50-48-46-44-42-40-38-36-33-30-28-26-24-22-20-18-16-14-12-10-8-6-4-2)64-96-80-76(94)73(91)78(68(62-85)98-80)101-82-77(95)74(92)79(69(63-86)99-82)100-81-75(93)72(90)71(89)67(61-84)97-81/h16,18,22,24,28,30,41,43,49,51,57,59,65-69,71-82,84-87,89-95H,3-15,17,19-21,23,25-27,29,31-40,42,44-48,50,52-56,58,60-64H2,1-2H3,(H,83,88)/b18-16-,24-22-,30-28-,43-41+,51-49+,59-57+. The van der Waals surface area contributed by atoms with Gasteiger partial charge in [0.15, 0.2) is 18.9 Å². The molecule has 588 valence electrons. The molecule has 3 aliphatic heterocycles. The Hall–Kier alpha value is -2.77. The maximum atomic E-state index is 13.5. The Morgan fingerprint density at radius 3 is 1.06 bits per heavy atom. The zero-order valence-electron chi connectivity index (χ0n) is 62.9. The van der Waals surface area contributed by atoms with Crippen LogP contribution in [0.4, 0.5) is 0 Å². The zero-order valence-corrected chi connectivity index (χ0v) is 62.9. The Morgan fingerprint density at radius 1 is 0.356 bits per heavy atom. The Kier molecular flexibility index (Phi) is 57.0. The minimum atomic E-state index is -1.99. The quantitative estimate of drug-likeness (QED) is 0.0199. The van der Waals surface area contributed by atoms with Crippen molar-refractivity contribution in [1.29, 1.82) is 0 Å². The summed E-state index contributed by atoms with van der Waals surface area (Å²) < 4.78 is 34.4. The molecule has 0 saturated carbocycles. The first-order valence-electron chi connectivity index (χ1n) is 40.7. The molecule has 0 radical (unpaired) electrons. The largest absolute Gasteiger partial charge is 0.394 e. The molecule has 3 saturated heterocycles. The van der Waals surface area contributed by atoms with Crippen molar-refractivity contribution < 1.29 is 89.4 Å². The second kappa shape index (κ2) is 62.3. The lowest BCUT2D eigenvalue weighted by Crippen LogP contribution is -2.66. The average Bonchev–Trinajstić information content (AvgIpc) is 0.782. The summed E-state index contributed by atoms with van der Waals surface area (Å²) in [6.45, 7) is 1.73. The molecule has 3 rings (SSSR count). The van der Waals surface area contributed by atoms with Gasteiger partial charge in [-0.3, -0.25) is 4.79 Å². The number of hydrogen-bond donors (Lipinski definition) is 12. The molecule has 19 heteroatoms. The number of hydrogen-bond acceptors (Lipinski definition) is 18. The zero-order chi connectivity index (χ0) is 73.2. The van der Waals surface area contributed by atoms with Crippen LogP contribution in [0.15, 0.2) is 72.9 Å². The van der Waals surface area contributed by atoms with Crippen molar-refractivity contribution in [2.75, 3.05) is 26.4 Å². The summed E-state index contributed by atoms with van der Waals surface area (Å²) in [5.74, 6) is -0.290. The lowest BCUT2D eigenvalue weighted by Gasteiger charge is -2.48. The van der Waals surface area contributed by atoms with E-state index in [2.05, 4.69) is 79.9 Å². The monoisotopic (exact) mass is 1430 g/mol. The molecule has 1 amide bonds. The first-order chi connectivity index (χ1) is 49.3. The molecule has 101 heavy (non-hydrogen) atoms. The molecule has 0 aliphatic carbocycles. The summed E-state index contributed by atoms with van der Waals surface area (Å²) in [7, 11) is 0. The van der Waals surface area contributed by atoms with Crippen molar-refractivity contribution in [3.63, 3.8) is 0 Å². The molecular weight excluding hydrogens is 1290 g/mol. The van der Waals surface area contributed by atoms with E-state index in [4.69, 9.17) is 28.4 Å². The minimum Gasteiger partial charge on any atom is -0.394 e. The number of allylic oxidation sites excluding steroid dienone is 11. The van der Waals surface area contributed by atoms with Crippen LogP contribution >= 0.6 is 0 Å². The highest BCUT2D eigenvalue weighted by Gasteiger charge is 2.54. The van der Waals surface area contributed by atoms with Crippen molar-refractivity contribution in [3.05, 3.63) is 72.9 Å². The van der Waals surface area contributed by atoms with Crippen LogP contribution in [-0.4, -0.2) is 193 Å². The van der Waals surface area contributed by atoms with Crippen LogP contribution in [0.25, 0.3) is 0 Å². The average molecular weight is 1440 g/mol. The van der Waals surface area contributed by atoms with Crippen LogP contribution in [0.5, 0.6) is 0 Å². The molecule has 19 nitrogen and oxygen atoms in total. The van der Waals surface area contributed by atoms with Gasteiger partial charge in [-0.25, -0.2) is 0 Å². The number of ether oxygens (including phenoxy) is 6. The van der Waals surface area contributed by atoms with E-state index >= 15 is 0 Å². The van der Waals surface area contributed by atoms with Crippen molar-refractivity contribution in [2.24, 2.45) is 0 Å². The summed E-state index contributed by atoms with van der Waals surface area (Å²) in [5.41, 5.74) is 0. The molecule has 0 aromatic carbocycles. The summed E-state index contributed by atoms with van der Waals surface area (Å²) in [5, 5.41) is 121. The first-order valence-corrected chi connectivity index (χ1v) is 40.7. The van der Waals surface area contributed by atoms with E-state index in [1.807, 2.05) is 6.08 Å². The van der Waals surface area contributed by atoms with E-state index in [0.717, 1.165) is 70.6 Å². The van der Waals surface area contributed by atoms with Gasteiger partial charge in [-0.15, -0.1) is 0 Å². The highest BCUT2D eigenvalue weighted by molar-refractivity contribution is 5.76. The Labute approximate surface area is 610 Å². The van der Waals surface area contributed by atoms with Crippen LogP contribution < -0.4 is 5.32 Å². The second-order valence-electron chi connectivity index (χ2n) is 28.9. The predicted octanol–water partition coefficient (Wildman–Crippen LogP) is 13.6. The van der Waals surface area contributed by atoms with Crippen molar-refractivity contribution in [1.82, 2.24) is 5.32 Å². The topological polar surface area (TPSA) is 307 Å². The van der Waals surface area contributed by atoms with Crippen molar-refractivity contribution in [2.45, 2.75) is 413 Å². The van der Waals surface area contributed by atoms with Gasteiger partial charge in [-0.1, -0.05) is 292 Å². The molecule has 3 heterocycles. The highest BCUT2D eigenvalue weighted by Crippen LogP contribution is 2.33. The fourth-order valence-electron chi connectivity index (χ4n) is 13.4. The molecule has 3 aliphatic rings. The second-order valence-corrected chi connectivity index (χ2v) is 28.9. The highest BCUT2D eigenvalue weighted by atomic mass is 16.8. The van der Waals surface area contributed by atoms with Crippen LogP contribution in [0.3, 0.4) is 0 Å². The number of unbranched alkanes of at least 4 members (excludes halogenated alkanes) is 38. The van der Waals surface area contributed by atoms with Crippen molar-refractivity contribution >= 4 is 5.91 Å². The molecule has 17 atom stereocenters.